The normalized spacial score (nSPS) is 9.53. The highest BCUT2D eigenvalue weighted by Gasteiger charge is 2.06. The standard InChI is InChI=1S/C12H16N2O2S/c1-3-8-16-10-6-4-9(5-7-10)11(15)14-12(17)13-2/h4-7H,3,8H2,1-2H3,(H2,13,14,15,17). The zero-order valence-corrected chi connectivity index (χ0v) is 10.8. The molecule has 0 heterocycles. The van der Waals surface area contributed by atoms with Crippen molar-refractivity contribution in [1.29, 1.82) is 0 Å². The van der Waals surface area contributed by atoms with Crippen LogP contribution in [-0.4, -0.2) is 24.7 Å². The van der Waals surface area contributed by atoms with Crippen LogP contribution in [0.1, 0.15) is 23.7 Å². The van der Waals surface area contributed by atoms with Crippen LogP contribution in [0.2, 0.25) is 0 Å². The van der Waals surface area contributed by atoms with Gasteiger partial charge >= 0.3 is 0 Å². The molecule has 1 amide bonds. The molecule has 0 fully saturated rings. The molecule has 0 aromatic heterocycles. The molecule has 1 aromatic rings. The smallest absolute Gasteiger partial charge is 0.257 e. The minimum Gasteiger partial charge on any atom is -0.494 e. The molecule has 0 unspecified atom stereocenters. The lowest BCUT2D eigenvalue weighted by atomic mass is 10.2. The van der Waals surface area contributed by atoms with E-state index in [4.69, 9.17) is 17.0 Å². The van der Waals surface area contributed by atoms with Crippen LogP contribution in [0, 0.1) is 0 Å². The molecule has 0 aliphatic heterocycles. The number of carbonyl (C=O) groups is 1. The first-order chi connectivity index (χ1) is 8.17. The maximum atomic E-state index is 11.7. The first-order valence-electron chi connectivity index (χ1n) is 5.43. The highest BCUT2D eigenvalue weighted by Crippen LogP contribution is 2.12. The fourth-order valence-corrected chi connectivity index (χ4v) is 1.25. The lowest BCUT2D eigenvalue weighted by Gasteiger charge is -2.07. The van der Waals surface area contributed by atoms with E-state index >= 15 is 0 Å². The van der Waals surface area contributed by atoms with Crippen molar-refractivity contribution in [1.82, 2.24) is 10.6 Å². The van der Waals surface area contributed by atoms with Crippen LogP contribution in [0.3, 0.4) is 0 Å². The van der Waals surface area contributed by atoms with Crippen molar-refractivity contribution < 1.29 is 9.53 Å². The van der Waals surface area contributed by atoms with E-state index in [1.807, 2.05) is 6.92 Å². The first kappa shape index (κ1) is 13.4. The van der Waals surface area contributed by atoms with Crippen molar-refractivity contribution in [3.8, 4) is 5.75 Å². The molecule has 1 aromatic carbocycles. The van der Waals surface area contributed by atoms with Gasteiger partial charge in [-0.25, -0.2) is 0 Å². The highest BCUT2D eigenvalue weighted by atomic mass is 32.1. The van der Waals surface area contributed by atoms with Gasteiger partial charge in [-0.3, -0.25) is 10.1 Å². The maximum Gasteiger partial charge on any atom is 0.257 e. The molecule has 92 valence electrons. The van der Waals surface area contributed by atoms with Crippen LogP contribution < -0.4 is 15.4 Å². The number of carbonyl (C=O) groups excluding carboxylic acids is 1. The van der Waals surface area contributed by atoms with Crippen molar-refractivity contribution in [2.24, 2.45) is 0 Å². The second-order valence-electron chi connectivity index (χ2n) is 3.41. The van der Waals surface area contributed by atoms with Gasteiger partial charge in [-0.15, -0.1) is 0 Å². The van der Waals surface area contributed by atoms with Gasteiger partial charge in [0.2, 0.25) is 0 Å². The van der Waals surface area contributed by atoms with E-state index in [9.17, 15) is 4.79 Å². The summed E-state index contributed by atoms with van der Waals surface area (Å²) in [7, 11) is 1.66. The lowest BCUT2D eigenvalue weighted by Crippen LogP contribution is -2.37. The summed E-state index contributed by atoms with van der Waals surface area (Å²) >= 11 is 4.85. The Hall–Kier alpha value is -1.62. The zero-order chi connectivity index (χ0) is 12.7. The summed E-state index contributed by atoms with van der Waals surface area (Å²) in [5.41, 5.74) is 0.548. The van der Waals surface area contributed by atoms with Crippen molar-refractivity contribution in [2.75, 3.05) is 13.7 Å². The van der Waals surface area contributed by atoms with E-state index < -0.39 is 0 Å². The van der Waals surface area contributed by atoms with Crippen molar-refractivity contribution in [2.45, 2.75) is 13.3 Å². The zero-order valence-electron chi connectivity index (χ0n) is 9.95. The van der Waals surface area contributed by atoms with Crippen molar-refractivity contribution in [3.05, 3.63) is 29.8 Å². The van der Waals surface area contributed by atoms with Gasteiger partial charge in [0, 0.05) is 12.6 Å². The van der Waals surface area contributed by atoms with E-state index in [1.165, 1.54) is 0 Å². The molecule has 0 aliphatic rings. The van der Waals surface area contributed by atoms with Gasteiger partial charge in [-0.2, -0.15) is 0 Å². The van der Waals surface area contributed by atoms with Crippen LogP contribution in [0.5, 0.6) is 5.75 Å². The van der Waals surface area contributed by atoms with Gasteiger partial charge in [0.15, 0.2) is 5.11 Å². The van der Waals surface area contributed by atoms with Crippen LogP contribution in [-0.2, 0) is 0 Å². The number of benzene rings is 1. The number of ether oxygens (including phenoxy) is 1. The highest BCUT2D eigenvalue weighted by molar-refractivity contribution is 7.80. The van der Waals surface area contributed by atoms with Gasteiger partial charge in [0.1, 0.15) is 5.75 Å². The van der Waals surface area contributed by atoms with E-state index in [2.05, 4.69) is 10.6 Å². The SMILES string of the molecule is CCCOc1ccc(C(=O)NC(=S)NC)cc1. The molecule has 17 heavy (non-hydrogen) atoms. The number of hydrogen-bond acceptors (Lipinski definition) is 3. The summed E-state index contributed by atoms with van der Waals surface area (Å²) in [5, 5.41) is 5.54. The number of amides is 1. The van der Waals surface area contributed by atoms with Gasteiger partial charge in [-0.1, -0.05) is 6.92 Å². The summed E-state index contributed by atoms with van der Waals surface area (Å²) in [4.78, 5) is 11.7. The summed E-state index contributed by atoms with van der Waals surface area (Å²) in [5.74, 6) is 0.533. The molecule has 0 bridgehead atoms. The molecule has 2 N–H and O–H groups in total. The molecular weight excluding hydrogens is 236 g/mol. The topological polar surface area (TPSA) is 50.4 Å². The summed E-state index contributed by atoms with van der Waals surface area (Å²) < 4.78 is 5.42. The fourth-order valence-electron chi connectivity index (χ4n) is 1.16. The Morgan fingerprint density at radius 2 is 2.00 bits per heavy atom. The molecule has 0 spiro atoms. The second-order valence-corrected chi connectivity index (χ2v) is 3.81. The van der Waals surface area contributed by atoms with Crippen LogP contribution in [0.15, 0.2) is 24.3 Å². The van der Waals surface area contributed by atoms with Gasteiger partial charge in [0.05, 0.1) is 6.61 Å². The minimum atomic E-state index is -0.230. The van der Waals surface area contributed by atoms with E-state index in [-0.39, 0.29) is 5.91 Å². The molecule has 0 saturated heterocycles. The van der Waals surface area contributed by atoms with Crippen molar-refractivity contribution in [3.63, 3.8) is 0 Å². The van der Waals surface area contributed by atoms with Gasteiger partial charge in [-0.05, 0) is 42.9 Å². The molecule has 1 rings (SSSR count). The van der Waals surface area contributed by atoms with Crippen LogP contribution in [0.25, 0.3) is 0 Å². The molecular formula is C12H16N2O2S. The Labute approximate surface area is 106 Å². The van der Waals surface area contributed by atoms with Crippen LogP contribution >= 0.6 is 12.2 Å². The maximum absolute atomic E-state index is 11.7. The van der Waals surface area contributed by atoms with Crippen molar-refractivity contribution >= 4 is 23.2 Å². The third kappa shape index (κ3) is 4.40. The number of nitrogens with one attached hydrogen (secondary N) is 2. The Bertz CT molecular complexity index is 390. The Kier molecular flexibility index (Phi) is 5.42. The molecule has 0 radical (unpaired) electrons. The van der Waals surface area contributed by atoms with E-state index in [0.717, 1.165) is 12.2 Å². The molecule has 5 heteroatoms. The molecule has 4 nitrogen and oxygen atoms in total. The summed E-state index contributed by atoms with van der Waals surface area (Å²) in [6.07, 6.45) is 0.957. The Balaban J connectivity index is 2.60. The Morgan fingerprint density at radius 3 is 2.53 bits per heavy atom. The number of hydrogen-bond donors (Lipinski definition) is 2. The molecule has 0 saturated carbocycles. The average molecular weight is 252 g/mol. The fraction of sp³-hybridized carbons (Fsp3) is 0.333. The average Bonchev–Trinajstić information content (AvgIpc) is 2.36. The number of rotatable bonds is 4. The van der Waals surface area contributed by atoms with Crippen LogP contribution in [0.4, 0.5) is 0 Å². The van der Waals surface area contributed by atoms with E-state index in [1.54, 1.807) is 31.3 Å². The predicted molar refractivity (Wildman–Crippen MR) is 71.4 cm³/mol. The summed E-state index contributed by atoms with van der Waals surface area (Å²) in [6, 6.07) is 6.96. The lowest BCUT2D eigenvalue weighted by molar-refractivity contribution is 0.0977. The third-order valence-electron chi connectivity index (χ3n) is 2.04. The minimum absolute atomic E-state index is 0.230. The van der Waals surface area contributed by atoms with E-state index in [0.29, 0.717) is 17.3 Å². The first-order valence-corrected chi connectivity index (χ1v) is 5.84. The predicted octanol–water partition coefficient (Wildman–Crippen LogP) is 1.71. The Morgan fingerprint density at radius 1 is 1.35 bits per heavy atom. The monoisotopic (exact) mass is 252 g/mol. The molecule has 0 atom stereocenters. The van der Waals surface area contributed by atoms with Gasteiger partial charge < -0.3 is 10.1 Å². The van der Waals surface area contributed by atoms with Gasteiger partial charge in [0.25, 0.3) is 5.91 Å². The number of thiocarbonyl (C=S) groups is 1. The second kappa shape index (κ2) is 6.85. The molecule has 0 aliphatic carbocycles. The summed E-state index contributed by atoms with van der Waals surface area (Å²) in [6.45, 7) is 2.72. The third-order valence-corrected chi connectivity index (χ3v) is 2.35. The quantitative estimate of drug-likeness (QED) is 0.801. The largest absolute Gasteiger partial charge is 0.494 e.